The number of nitrogens with zero attached hydrogens (tertiary/aromatic N) is 2. The minimum absolute atomic E-state index is 0.00628. The van der Waals surface area contributed by atoms with Crippen LogP contribution in [0.4, 0.5) is 5.69 Å². The number of aliphatic imine (C=N–C) groups is 1. The summed E-state index contributed by atoms with van der Waals surface area (Å²) in [6.45, 7) is 0. The third kappa shape index (κ3) is 2.95. The van der Waals surface area contributed by atoms with Crippen LogP contribution in [-0.2, 0) is 0 Å². The predicted octanol–water partition coefficient (Wildman–Crippen LogP) is 3.56. The van der Waals surface area contributed by atoms with Crippen molar-refractivity contribution in [1.29, 1.82) is 0 Å². The molecule has 0 aliphatic carbocycles. The highest BCUT2D eigenvalue weighted by Gasteiger charge is 2.17. The van der Waals surface area contributed by atoms with Gasteiger partial charge in [0.1, 0.15) is 5.56 Å². The Balaban J connectivity index is 1.87. The van der Waals surface area contributed by atoms with Gasteiger partial charge in [-0.2, -0.15) is 0 Å². The number of carbonyl (C=O) groups is 1. The number of benzene rings is 2. The molecule has 0 spiro atoms. The minimum atomic E-state index is -1.06. The van der Waals surface area contributed by atoms with E-state index < -0.39 is 11.5 Å². The van der Waals surface area contributed by atoms with Crippen molar-refractivity contribution >= 4 is 41.7 Å². The zero-order chi connectivity index (χ0) is 19.8. The average molecular weight is 391 g/mol. The first-order chi connectivity index (χ1) is 13.5. The smallest absolute Gasteiger partial charge is 0.335 e. The quantitative estimate of drug-likeness (QED) is 0.592. The van der Waals surface area contributed by atoms with Gasteiger partial charge < -0.3 is 10.2 Å². The van der Waals surface area contributed by atoms with Crippen LogP contribution in [0.15, 0.2) is 58.3 Å². The van der Waals surface area contributed by atoms with E-state index in [1.165, 1.54) is 28.8 Å². The van der Waals surface area contributed by atoms with E-state index in [-0.39, 0.29) is 21.8 Å². The van der Waals surface area contributed by atoms with Crippen LogP contribution in [0.5, 0.6) is 5.88 Å². The van der Waals surface area contributed by atoms with Gasteiger partial charge in [-0.1, -0.05) is 18.2 Å². The summed E-state index contributed by atoms with van der Waals surface area (Å²) in [6, 6.07) is 13.2. The summed E-state index contributed by atoms with van der Waals surface area (Å²) in [7, 11) is 0. The standard InChI is InChI=1S/C20H13N3O4S/c24-17-15(9-12-10-21-16-4-2-1-3-14(12)16)18(25)23(20(28)22-17)13-7-5-11(6-8-13)19(26)27/h1-10,25H,(H,26,27)(H,22,24,28)/b12-9+. The molecular formula is C20H13N3O4S. The van der Waals surface area contributed by atoms with E-state index in [2.05, 4.69) is 9.98 Å². The molecule has 7 nitrogen and oxygen atoms in total. The molecule has 0 atom stereocenters. The molecule has 0 saturated heterocycles. The van der Waals surface area contributed by atoms with Crippen molar-refractivity contribution in [3.63, 3.8) is 0 Å². The fourth-order valence-corrected chi connectivity index (χ4v) is 3.26. The van der Waals surface area contributed by atoms with Gasteiger partial charge in [0.25, 0.3) is 5.56 Å². The van der Waals surface area contributed by atoms with E-state index in [0.717, 1.165) is 11.3 Å². The number of para-hydroxylation sites is 1. The Kier molecular flexibility index (Phi) is 4.25. The predicted molar refractivity (Wildman–Crippen MR) is 108 cm³/mol. The monoisotopic (exact) mass is 391 g/mol. The van der Waals surface area contributed by atoms with E-state index >= 15 is 0 Å². The van der Waals surface area contributed by atoms with Crippen LogP contribution in [0.2, 0.25) is 0 Å². The number of rotatable bonds is 3. The average Bonchev–Trinajstić information content (AvgIpc) is 3.08. The fourth-order valence-electron chi connectivity index (χ4n) is 2.97. The van der Waals surface area contributed by atoms with Gasteiger partial charge in [-0.15, -0.1) is 0 Å². The lowest BCUT2D eigenvalue weighted by Crippen LogP contribution is -2.16. The van der Waals surface area contributed by atoms with Crippen molar-refractivity contribution in [3.8, 4) is 11.6 Å². The van der Waals surface area contributed by atoms with Gasteiger partial charge in [0.15, 0.2) is 4.77 Å². The molecule has 2 aromatic carbocycles. The van der Waals surface area contributed by atoms with Crippen LogP contribution in [0.1, 0.15) is 21.5 Å². The molecule has 4 rings (SSSR count). The number of aromatic carboxylic acids is 1. The molecule has 2 heterocycles. The van der Waals surface area contributed by atoms with Crippen LogP contribution < -0.4 is 5.56 Å². The van der Waals surface area contributed by atoms with Crippen LogP contribution in [0.3, 0.4) is 0 Å². The Morgan fingerprint density at radius 1 is 1.14 bits per heavy atom. The molecule has 3 N–H and O–H groups in total. The van der Waals surface area contributed by atoms with E-state index in [0.29, 0.717) is 11.3 Å². The lowest BCUT2D eigenvalue weighted by Gasteiger charge is -2.12. The molecule has 0 fully saturated rings. The van der Waals surface area contributed by atoms with Crippen molar-refractivity contribution in [2.75, 3.05) is 0 Å². The molecular weight excluding hydrogens is 378 g/mol. The highest BCUT2D eigenvalue weighted by Crippen LogP contribution is 2.33. The van der Waals surface area contributed by atoms with Gasteiger partial charge in [-0.3, -0.25) is 19.3 Å². The summed E-state index contributed by atoms with van der Waals surface area (Å²) in [5.41, 5.74) is 2.31. The first-order valence-corrected chi connectivity index (χ1v) is 8.64. The Morgan fingerprint density at radius 3 is 2.57 bits per heavy atom. The molecule has 3 aromatic rings. The largest absolute Gasteiger partial charge is 0.494 e. The number of fused-ring (bicyclic) bond motifs is 1. The SMILES string of the molecule is O=C(O)c1ccc(-n2c(O)c(/C=C3\C=Nc4ccccc43)c(=O)[nH]c2=S)cc1. The van der Waals surface area contributed by atoms with Crippen molar-refractivity contribution in [2.24, 2.45) is 4.99 Å². The number of aromatic amines is 1. The van der Waals surface area contributed by atoms with Crippen molar-refractivity contribution < 1.29 is 15.0 Å². The number of allylic oxidation sites excluding steroid dienone is 1. The maximum Gasteiger partial charge on any atom is 0.335 e. The second-order valence-corrected chi connectivity index (χ2v) is 6.45. The van der Waals surface area contributed by atoms with E-state index in [1.54, 1.807) is 12.3 Å². The summed E-state index contributed by atoms with van der Waals surface area (Å²) in [4.78, 5) is 30.3. The zero-order valence-electron chi connectivity index (χ0n) is 14.3. The van der Waals surface area contributed by atoms with Gasteiger partial charge in [-0.25, -0.2) is 4.79 Å². The second-order valence-electron chi connectivity index (χ2n) is 6.06. The van der Waals surface area contributed by atoms with E-state index in [9.17, 15) is 14.7 Å². The van der Waals surface area contributed by atoms with E-state index in [1.807, 2.05) is 24.3 Å². The molecule has 8 heteroatoms. The Bertz CT molecular complexity index is 1280. The number of carboxylic acid groups (broad SMARTS) is 1. The van der Waals surface area contributed by atoms with Crippen molar-refractivity contribution in [1.82, 2.24) is 9.55 Å². The number of H-pyrrole nitrogens is 1. The Labute approximate surface area is 163 Å². The van der Waals surface area contributed by atoms with Crippen LogP contribution in [0, 0.1) is 4.77 Å². The first kappa shape index (κ1) is 17.6. The summed E-state index contributed by atoms with van der Waals surface area (Å²) >= 11 is 5.18. The summed E-state index contributed by atoms with van der Waals surface area (Å²) in [5.74, 6) is -1.41. The minimum Gasteiger partial charge on any atom is -0.494 e. The van der Waals surface area contributed by atoms with Gasteiger partial charge in [0.05, 0.1) is 16.9 Å². The van der Waals surface area contributed by atoms with Crippen LogP contribution >= 0.6 is 12.2 Å². The molecule has 1 aliphatic rings. The van der Waals surface area contributed by atoms with E-state index in [4.69, 9.17) is 17.3 Å². The molecule has 0 unspecified atom stereocenters. The summed E-state index contributed by atoms with van der Waals surface area (Å²) < 4.78 is 1.26. The third-order valence-corrected chi connectivity index (χ3v) is 4.64. The topological polar surface area (TPSA) is 108 Å². The Morgan fingerprint density at radius 2 is 1.86 bits per heavy atom. The van der Waals surface area contributed by atoms with Gasteiger partial charge in [0.2, 0.25) is 5.88 Å². The molecule has 0 bridgehead atoms. The molecule has 0 radical (unpaired) electrons. The highest BCUT2D eigenvalue weighted by molar-refractivity contribution is 7.71. The number of nitrogens with one attached hydrogen (secondary N) is 1. The molecule has 28 heavy (non-hydrogen) atoms. The van der Waals surface area contributed by atoms with Crippen LogP contribution in [0.25, 0.3) is 17.3 Å². The molecule has 0 amide bonds. The number of carboxylic acids is 1. The molecule has 138 valence electrons. The first-order valence-electron chi connectivity index (χ1n) is 8.23. The third-order valence-electron chi connectivity index (χ3n) is 4.35. The fraction of sp³-hybridized carbons (Fsp3) is 0. The molecule has 0 saturated carbocycles. The normalized spacial score (nSPS) is 13.6. The van der Waals surface area contributed by atoms with Gasteiger partial charge in [0, 0.05) is 17.4 Å². The lowest BCUT2D eigenvalue weighted by molar-refractivity contribution is 0.0697. The maximum atomic E-state index is 12.4. The molecule has 1 aromatic heterocycles. The number of aromatic nitrogens is 2. The Hall–Kier alpha value is -3.78. The zero-order valence-corrected chi connectivity index (χ0v) is 15.1. The maximum absolute atomic E-state index is 12.4. The van der Waals surface area contributed by atoms with Crippen molar-refractivity contribution in [2.45, 2.75) is 0 Å². The summed E-state index contributed by atoms with van der Waals surface area (Å²) in [5, 5.41) is 19.8. The van der Waals surface area contributed by atoms with Crippen LogP contribution in [-0.4, -0.2) is 31.9 Å². The van der Waals surface area contributed by atoms with Crippen molar-refractivity contribution in [3.05, 3.63) is 80.3 Å². The second kappa shape index (κ2) is 6.75. The lowest BCUT2D eigenvalue weighted by atomic mass is 10.1. The number of hydrogen-bond acceptors (Lipinski definition) is 5. The highest BCUT2D eigenvalue weighted by atomic mass is 32.1. The van der Waals surface area contributed by atoms with Gasteiger partial charge >= 0.3 is 5.97 Å². The van der Waals surface area contributed by atoms with Gasteiger partial charge in [-0.05, 0) is 48.6 Å². The molecule has 1 aliphatic heterocycles. The summed E-state index contributed by atoms with van der Waals surface area (Å²) in [6.07, 6.45) is 3.16. The number of hydrogen-bond donors (Lipinski definition) is 3. The number of aromatic hydroxyl groups is 1.